The summed E-state index contributed by atoms with van der Waals surface area (Å²) >= 11 is 1.47. The van der Waals surface area contributed by atoms with Gasteiger partial charge in [-0.1, -0.05) is 43.7 Å². The number of amides is 1. The van der Waals surface area contributed by atoms with E-state index in [1.165, 1.54) is 31.0 Å². The number of hydrogen-bond donors (Lipinski definition) is 2. The van der Waals surface area contributed by atoms with Crippen molar-refractivity contribution in [2.24, 2.45) is 5.92 Å². The molecule has 1 amide bonds. The van der Waals surface area contributed by atoms with E-state index in [0.29, 0.717) is 17.7 Å². The molecule has 1 aliphatic carbocycles. The first-order valence-electron chi connectivity index (χ1n) is 7.59. The number of benzene rings is 1. The summed E-state index contributed by atoms with van der Waals surface area (Å²) in [6.07, 6.45) is 4.86. The largest absolute Gasteiger partial charge is 0.352 e. The normalized spacial score (nSPS) is 22.3. The maximum atomic E-state index is 12.1. The molecule has 5 heteroatoms. The van der Waals surface area contributed by atoms with Crippen LogP contribution in [0.4, 0.5) is 0 Å². The smallest absolute Gasteiger partial charge is 0.230 e. The topological polar surface area (TPSA) is 57.8 Å². The van der Waals surface area contributed by atoms with Crippen LogP contribution in [0.1, 0.15) is 32.6 Å². The first-order chi connectivity index (χ1) is 10.2. The molecule has 21 heavy (non-hydrogen) atoms. The van der Waals surface area contributed by atoms with E-state index in [1.807, 2.05) is 24.3 Å². The lowest BCUT2D eigenvalue weighted by molar-refractivity contribution is -0.119. The van der Waals surface area contributed by atoms with Gasteiger partial charge in [0.25, 0.3) is 0 Å². The van der Waals surface area contributed by atoms with Crippen LogP contribution in [0, 0.1) is 5.92 Å². The third-order valence-corrected chi connectivity index (χ3v) is 5.04. The molecule has 1 aliphatic rings. The molecule has 1 saturated carbocycles. The number of para-hydroxylation sites is 2. The lowest BCUT2D eigenvalue weighted by Gasteiger charge is -2.29. The third-order valence-electron chi connectivity index (χ3n) is 4.17. The van der Waals surface area contributed by atoms with E-state index in [1.54, 1.807) is 0 Å². The van der Waals surface area contributed by atoms with Gasteiger partial charge in [-0.2, -0.15) is 0 Å². The van der Waals surface area contributed by atoms with Crippen LogP contribution in [0.25, 0.3) is 11.0 Å². The zero-order valence-corrected chi connectivity index (χ0v) is 13.1. The Labute approximate surface area is 129 Å². The van der Waals surface area contributed by atoms with Gasteiger partial charge in [0.05, 0.1) is 16.8 Å². The molecular formula is C16H21N3OS. The number of nitrogens with zero attached hydrogens (tertiary/aromatic N) is 1. The van der Waals surface area contributed by atoms with Gasteiger partial charge in [-0.3, -0.25) is 4.79 Å². The van der Waals surface area contributed by atoms with Crippen molar-refractivity contribution in [1.82, 2.24) is 15.3 Å². The molecule has 0 spiro atoms. The average molecular weight is 303 g/mol. The first kappa shape index (κ1) is 14.4. The SMILES string of the molecule is C[C@H]1CCCC[C@H]1NC(=O)CSc1nc2ccccc2[nH]1. The number of nitrogens with one attached hydrogen (secondary N) is 2. The summed E-state index contributed by atoms with van der Waals surface area (Å²) in [5.41, 5.74) is 1.96. The Morgan fingerprint density at radius 3 is 3.00 bits per heavy atom. The second-order valence-electron chi connectivity index (χ2n) is 5.78. The fourth-order valence-corrected chi connectivity index (χ4v) is 3.61. The molecular weight excluding hydrogens is 282 g/mol. The van der Waals surface area contributed by atoms with Gasteiger partial charge in [-0.25, -0.2) is 4.98 Å². The highest BCUT2D eigenvalue weighted by Crippen LogP contribution is 2.24. The molecule has 0 bridgehead atoms. The fourth-order valence-electron chi connectivity index (χ4n) is 2.91. The summed E-state index contributed by atoms with van der Waals surface area (Å²) in [6.45, 7) is 2.23. The summed E-state index contributed by atoms with van der Waals surface area (Å²) < 4.78 is 0. The van der Waals surface area contributed by atoms with Crippen molar-refractivity contribution in [1.29, 1.82) is 0 Å². The quantitative estimate of drug-likeness (QED) is 0.852. The van der Waals surface area contributed by atoms with Gasteiger partial charge in [-0.15, -0.1) is 0 Å². The van der Waals surface area contributed by atoms with Gasteiger partial charge in [0.15, 0.2) is 5.16 Å². The molecule has 0 unspecified atom stereocenters. The van der Waals surface area contributed by atoms with Crippen molar-refractivity contribution >= 4 is 28.7 Å². The first-order valence-corrected chi connectivity index (χ1v) is 8.58. The van der Waals surface area contributed by atoms with Crippen LogP contribution >= 0.6 is 11.8 Å². The zero-order valence-electron chi connectivity index (χ0n) is 12.3. The van der Waals surface area contributed by atoms with Gasteiger partial charge in [0.2, 0.25) is 5.91 Å². The van der Waals surface area contributed by atoms with Crippen LogP contribution < -0.4 is 5.32 Å². The Morgan fingerprint density at radius 1 is 1.38 bits per heavy atom. The Morgan fingerprint density at radius 2 is 2.19 bits per heavy atom. The minimum Gasteiger partial charge on any atom is -0.352 e. The molecule has 2 N–H and O–H groups in total. The van der Waals surface area contributed by atoms with Gasteiger partial charge in [0, 0.05) is 6.04 Å². The zero-order chi connectivity index (χ0) is 14.7. The van der Waals surface area contributed by atoms with Crippen molar-refractivity contribution in [3.8, 4) is 0 Å². The molecule has 0 saturated heterocycles. The van der Waals surface area contributed by atoms with E-state index < -0.39 is 0 Å². The summed E-state index contributed by atoms with van der Waals surface area (Å²) in [4.78, 5) is 19.8. The Kier molecular flexibility index (Phi) is 4.48. The predicted molar refractivity (Wildman–Crippen MR) is 86.4 cm³/mol. The Balaban J connectivity index is 1.53. The van der Waals surface area contributed by atoms with Crippen molar-refractivity contribution in [2.45, 2.75) is 43.8 Å². The van der Waals surface area contributed by atoms with Crippen molar-refractivity contribution in [2.75, 3.05) is 5.75 Å². The standard InChI is InChI=1S/C16H21N3OS/c1-11-6-2-3-7-12(11)17-15(20)10-21-16-18-13-8-4-5-9-14(13)19-16/h4-5,8-9,11-12H,2-3,6-7,10H2,1H3,(H,17,20)(H,18,19)/t11-,12+/m0/s1. The average Bonchev–Trinajstić information content (AvgIpc) is 2.90. The summed E-state index contributed by atoms with van der Waals surface area (Å²) in [5, 5.41) is 3.98. The van der Waals surface area contributed by atoms with E-state index >= 15 is 0 Å². The molecule has 2 aromatic rings. The van der Waals surface area contributed by atoms with E-state index in [4.69, 9.17) is 0 Å². The van der Waals surface area contributed by atoms with Crippen molar-refractivity contribution in [3.63, 3.8) is 0 Å². The van der Waals surface area contributed by atoms with E-state index in [2.05, 4.69) is 22.2 Å². The maximum absolute atomic E-state index is 12.1. The van der Waals surface area contributed by atoms with Gasteiger partial charge >= 0.3 is 0 Å². The number of carbonyl (C=O) groups is 1. The number of hydrogen-bond acceptors (Lipinski definition) is 3. The second-order valence-corrected chi connectivity index (χ2v) is 6.75. The maximum Gasteiger partial charge on any atom is 0.230 e. The molecule has 1 heterocycles. The van der Waals surface area contributed by atoms with Gasteiger partial charge < -0.3 is 10.3 Å². The molecule has 1 aromatic heterocycles. The minimum atomic E-state index is 0.110. The fraction of sp³-hybridized carbons (Fsp3) is 0.500. The lowest BCUT2D eigenvalue weighted by Crippen LogP contribution is -2.41. The Hall–Kier alpha value is -1.49. The molecule has 112 valence electrons. The van der Waals surface area contributed by atoms with Crippen LogP contribution in [-0.4, -0.2) is 27.7 Å². The van der Waals surface area contributed by atoms with E-state index in [0.717, 1.165) is 22.6 Å². The second kappa shape index (κ2) is 6.52. The summed E-state index contributed by atoms with van der Waals surface area (Å²) in [7, 11) is 0. The predicted octanol–water partition coefficient (Wildman–Crippen LogP) is 3.35. The van der Waals surface area contributed by atoms with Crippen LogP contribution in [0.15, 0.2) is 29.4 Å². The number of carbonyl (C=O) groups excluding carboxylic acids is 1. The molecule has 1 aromatic carbocycles. The summed E-state index contributed by atoms with van der Waals surface area (Å²) in [6, 6.07) is 8.26. The van der Waals surface area contributed by atoms with Crippen LogP contribution in [-0.2, 0) is 4.79 Å². The number of thioether (sulfide) groups is 1. The number of aromatic nitrogens is 2. The number of rotatable bonds is 4. The molecule has 0 aliphatic heterocycles. The van der Waals surface area contributed by atoms with Crippen LogP contribution in [0.5, 0.6) is 0 Å². The number of fused-ring (bicyclic) bond motifs is 1. The van der Waals surface area contributed by atoms with E-state index in [9.17, 15) is 4.79 Å². The molecule has 3 rings (SSSR count). The van der Waals surface area contributed by atoms with E-state index in [-0.39, 0.29) is 5.91 Å². The number of imidazole rings is 1. The minimum absolute atomic E-state index is 0.110. The third kappa shape index (κ3) is 3.59. The highest BCUT2D eigenvalue weighted by molar-refractivity contribution is 7.99. The monoisotopic (exact) mass is 303 g/mol. The van der Waals surface area contributed by atoms with Crippen molar-refractivity contribution in [3.05, 3.63) is 24.3 Å². The summed E-state index contributed by atoms with van der Waals surface area (Å²) in [5.74, 6) is 1.13. The molecule has 4 nitrogen and oxygen atoms in total. The highest BCUT2D eigenvalue weighted by atomic mass is 32.2. The van der Waals surface area contributed by atoms with Crippen LogP contribution in [0.2, 0.25) is 0 Å². The molecule has 2 atom stereocenters. The lowest BCUT2D eigenvalue weighted by atomic mass is 9.86. The number of aromatic amines is 1. The molecule has 0 radical (unpaired) electrons. The van der Waals surface area contributed by atoms with Crippen LogP contribution in [0.3, 0.4) is 0 Å². The van der Waals surface area contributed by atoms with Gasteiger partial charge in [-0.05, 0) is 30.9 Å². The highest BCUT2D eigenvalue weighted by Gasteiger charge is 2.22. The molecule has 1 fully saturated rings. The Bertz CT molecular complexity index is 592. The number of H-pyrrole nitrogens is 1. The van der Waals surface area contributed by atoms with Crippen molar-refractivity contribution < 1.29 is 4.79 Å². The van der Waals surface area contributed by atoms with Gasteiger partial charge in [0.1, 0.15) is 0 Å².